The monoisotopic (exact) mass is 257 g/mol. The van der Waals surface area contributed by atoms with E-state index in [2.05, 4.69) is 5.32 Å². The van der Waals surface area contributed by atoms with Gasteiger partial charge in [0.2, 0.25) is 0 Å². The number of Topliss-reactive ketones (excluding diaryl/α,β-unsaturated/α-hetero) is 1. The average Bonchev–Trinajstić information content (AvgIpc) is 2.35. The summed E-state index contributed by atoms with van der Waals surface area (Å²) in [6.07, 6.45) is -0.355. The number of hydrogen-bond acceptors (Lipinski definition) is 3. The number of hydrogen-bond donors (Lipinski definition) is 1. The standard InChI is InChI=1S/C12H13ClFNO2/c13-10-2-1-9(14)5-8(10)6-11(16)12-7-15-3-4-17-12/h1-2,5,12,15H,3-4,6-7H2. The Bertz CT molecular complexity index is 419. The Labute approximate surface area is 104 Å². The highest BCUT2D eigenvalue weighted by molar-refractivity contribution is 6.31. The van der Waals surface area contributed by atoms with Crippen LogP contribution in [0.3, 0.4) is 0 Å². The molecule has 1 atom stereocenters. The first-order valence-corrected chi connectivity index (χ1v) is 5.83. The molecule has 17 heavy (non-hydrogen) atoms. The average molecular weight is 258 g/mol. The van der Waals surface area contributed by atoms with Crippen molar-refractivity contribution in [2.75, 3.05) is 19.7 Å². The molecule has 1 aliphatic rings. The maximum atomic E-state index is 13.0. The van der Waals surface area contributed by atoms with E-state index in [1.807, 2.05) is 0 Å². The van der Waals surface area contributed by atoms with E-state index < -0.39 is 6.10 Å². The van der Waals surface area contributed by atoms with Crippen LogP contribution in [0, 0.1) is 5.82 Å². The lowest BCUT2D eigenvalue weighted by atomic mass is 10.0. The summed E-state index contributed by atoms with van der Waals surface area (Å²) in [4.78, 5) is 11.9. The third kappa shape index (κ3) is 3.25. The molecule has 1 aromatic carbocycles. The summed E-state index contributed by atoms with van der Waals surface area (Å²) >= 11 is 5.90. The van der Waals surface area contributed by atoms with Crippen molar-refractivity contribution < 1.29 is 13.9 Å². The maximum Gasteiger partial charge on any atom is 0.167 e. The van der Waals surface area contributed by atoms with Crippen LogP contribution >= 0.6 is 11.6 Å². The number of ketones is 1. The van der Waals surface area contributed by atoms with Crippen molar-refractivity contribution >= 4 is 17.4 Å². The number of morpholine rings is 1. The summed E-state index contributed by atoms with van der Waals surface area (Å²) in [7, 11) is 0. The lowest BCUT2D eigenvalue weighted by molar-refractivity contribution is -0.131. The van der Waals surface area contributed by atoms with Gasteiger partial charge in [0.15, 0.2) is 5.78 Å². The molecule has 1 saturated heterocycles. The van der Waals surface area contributed by atoms with Gasteiger partial charge < -0.3 is 10.1 Å². The van der Waals surface area contributed by atoms with E-state index >= 15 is 0 Å². The van der Waals surface area contributed by atoms with E-state index in [1.54, 1.807) is 0 Å². The SMILES string of the molecule is O=C(Cc1cc(F)ccc1Cl)C1CNCCO1. The van der Waals surface area contributed by atoms with Gasteiger partial charge in [0, 0.05) is 24.5 Å². The zero-order valence-electron chi connectivity index (χ0n) is 9.21. The number of nitrogens with one attached hydrogen (secondary N) is 1. The van der Waals surface area contributed by atoms with Gasteiger partial charge >= 0.3 is 0 Å². The van der Waals surface area contributed by atoms with Crippen LogP contribution < -0.4 is 5.32 Å². The van der Waals surface area contributed by atoms with Gasteiger partial charge in [-0.2, -0.15) is 0 Å². The fraction of sp³-hybridized carbons (Fsp3) is 0.417. The van der Waals surface area contributed by atoms with Crippen molar-refractivity contribution in [1.29, 1.82) is 0 Å². The first kappa shape index (κ1) is 12.5. The molecule has 0 saturated carbocycles. The first-order valence-electron chi connectivity index (χ1n) is 5.46. The summed E-state index contributed by atoms with van der Waals surface area (Å²) < 4.78 is 18.4. The Kier molecular flexibility index (Phi) is 4.10. The number of carbonyl (C=O) groups excluding carboxylic acids is 1. The van der Waals surface area contributed by atoms with Crippen molar-refractivity contribution in [2.45, 2.75) is 12.5 Å². The Morgan fingerprint density at radius 3 is 3.12 bits per heavy atom. The van der Waals surface area contributed by atoms with Crippen molar-refractivity contribution in [1.82, 2.24) is 5.32 Å². The van der Waals surface area contributed by atoms with Gasteiger partial charge in [0.25, 0.3) is 0 Å². The summed E-state index contributed by atoms with van der Waals surface area (Å²) in [5.41, 5.74) is 0.505. The molecule has 92 valence electrons. The molecule has 1 unspecified atom stereocenters. The molecule has 0 bridgehead atoms. The molecule has 1 heterocycles. The van der Waals surface area contributed by atoms with Crippen molar-refractivity contribution in [3.63, 3.8) is 0 Å². The Hall–Kier alpha value is -0.970. The number of benzene rings is 1. The third-order valence-corrected chi connectivity index (χ3v) is 3.03. The van der Waals surface area contributed by atoms with Gasteiger partial charge in [-0.05, 0) is 23.8 Å². The van der Waals surface area contributed by atoms with Gasteiger partial charge in [0.1, 0.15) is 11.9 Å². The second-order valence-electron chi connectivity index (χ2n) is 3.94. The molecule has 3 nitrogen and oxygen atoms in total. The highest BCUT2D eigenvalue weighted by atomic mass is 35.5. The zero-order valence-corrected chi connectivity index (χ0v) is 9.97. The predicted molar refractivity (Wildman–Crippen MR) is 62.7 cm³/mol. The van der Waals surface area contributed by atoms with Crippen molar-refractivity contribution in [2.24, 2.45) is 0 Å². The molecule has 0 aliphatic carbocycles. The van der Waals surface area contributed by atoms with E-state index in [-0.39, 0.29) is 18.0 Å². The summed E-state index contributed by atoms with van der Waals surface area (Å²) in [6, 6.07) is 4.02. The van der Waals surface area contributed by atoms with Gasteiger partial charge in [-0.1, -0.05) is 11.6 Å². The smallest absolute Gasteiger partial charge is 0.167 e. The highest BCUT2D eigenvalue weighted by Gasteiger charge is 2.22. The molecule has 0 amide bonds. The summed E-state index contributed by atoms with van der Waals surface area (Å²) in [5.74, 6) is -0.468. The number of rotatable bonds is 3. The van der Waals surface area contributed by atoms with Gasteiger partial charge in [0.05, 0.1) is 6.61 Å². The predicted octanol–water partition coefficient (Wildman–Crippen LogP) is 1.58. The first-order chi connectivity index (χ1) is 8.16. The molecule has 0 radical (unpaired) electrons. The summed E-state index contributed by atoms with van der Waals surface area (Å²) in [6.45, 7) is 1.78. The Morgan fingerprint density at radius 2 is 2.41 bits per heavy atom. The Morgan fingerprint density at radius 1 is 1.59 bits per heavy atom. The lowest BCUT2D eigenvalue weighted by Gasteiger charge is -2.22. The maximum absolute atomic E-state index is 13.0. The van der Waals surface area contributed by atoms with Crippen LogP contribution in [-0.2, 0) is 16.0 Å². The third-order valence-electron chi connectivity index (χ3n) is 2.66. The van der Waals surface area contributed by atoms with Crippen LogP contribution in [-0.4, -0.2) is 31.6 Å². The Balaban J connectivity index is 2.04. The second-order valence-corrected chi connectivity index (χ2v) is 4.35. The highest BCUT2D eigenvalue weighted by Crippen LogP contribution is 2.18. The van der Waals surface area contributed by atoms with Gasteiger partial charge in [-0.15, -0.1) is 0 Å². The second kappa shape index (κ2) is 5.58. The minimum absolute atomic E-state index is 0.0790. The molecular formula is C12H13ClFNO2. The van der Waals surface area contributed by atoms with Gasteiger partial charge in [-0.3, -0.25) is 4.79 Å². The lowest BCUT2D eigenvalue weighted by Crippen LogP contribution is -2.43. The molecule has 0 spiro atoms. The number of carbonyl (C=O) groups is 1. The number of halogens is 2. The zero-order chi connectivity index (χ0) is 12.3. The van der Waals surface area contributed by atoms with E-state index in [0.29, 0.717) is 23.7 Å². The quantitative estimate of drug-likeness (QED) is 0.894. The largest absolute Gasteiger partial charge is 0.368 e. The molecule has 1 aliphatic heterocycles. The topological polar surface area (TPSA) is 38.3 Å². The van der Waals surface area contributed by atoms with E-state index in [9.17, 15) is 9.18 Å². The molecular weight excluding hydrogens is 245 g/mol. The van der Waals surface area contributed by atoms with Crippen LogP contribution in [0.15, 0.2) is 18.2 Å². The molecule has 1 aromatic rings. The molecule has 1 N–H and O–H groups in total. The van der Waals surface area contributed by atoms with Crippen molar-refractivity contribution in [3.8, 4) is 0 Å². The van der Waals surface area contributed by atoms with E-state index in [4.69, 9.17) is 16.3 Å². The normalized spacial score (nSPS) is 20.2. The van der Waals surface area contributed by atoms with Crippen molar-refractivity contribution in [3.05, 3.63) is 34.6 Å². The molecule has 1 fully saturated rings. The minimum atomic E-state index is -0.455. The van der Waals surface area contributed by atoms with Crippen LogP contribution in [0.5, 0.6) is 0 Å². The number of ether oxygens (including phenoxy) is 1. The summed E-state index contributed by atoms with van der Waals surface area (Å²) in [5, 5.41) is 3.48. The van der Waals surface area contributed by atoms with Crippen LogP contribution in [0.2, 0.25) is 5.02 Å². The molecule has 0 aromatic heterocycles. The molecule has 2 rings (SSSR count). The van der Waals surface area contributed by atoms with Crippen LogP contribution in [0.25, 0.3) is 0 Å². The molecule has 5 heteroatoms. The van der Waals surface area contributed by atoms with E-state index in [1.165, 1.54) is 18.2 Å². The minimum Gasteiger partial charge on any atom is -0.368 e. The van der Waals surface area contributed by atoms with E-state index in [0.717, 1.165) is 6.54 Å². The van der Waals surface area contributed by atoms with Crippen LogP contribution in [0.4, 0.5) is 4.39 Å². The van der Waals surface area contributed by atoms with Gasteiger partial charge in [-0.25, -0.2) is 4.39 Å². The fourth-order valence-electron chi connectivity index (χ4n) is 1.75. The van der Waals surface area contributed by atoms with Crippen LogP contribution in [0.1, 0.15) is 5.56 Å². The fourth-order valence-corrected chi connectivity index (χ4v) is 1.94.